The molecule has 0 spiro atoms. The van der Waals surface area contributed by atoms with Crippen LogP contribution < -0.4 is 0 Å². The van der Waals surface area contributed by atoms with Crippen LogP contribution in [0.4, 0.5) is 0 Å². The van der Waals surface area contributed by atoms with Gasteiger partial charge >= 0.3 is 0 Å². The second-order valence-corrected chi connectivity index (χ2v) is 10.5. The Kier molecular flexibility index (Phi) is 16.6. The van der Waals surface area contributed by atoms with Crippen molar-refractivity contribution in [3.8, 4) is 0 Å². The van der Waals surface area contributed by atoms with Crippen LogP contribution in [0.3, 0.4) is 0 Å². The van der Waals surface area contributed by atoms with E-state index in [4.69, 9.17) is 19.3 Å². The third-order valence-corrected chi connectivity index (χ3v) is 6.49. The van der Waals surface area contributed by atoms with Gasteiger partial charge in [0, 0.05) is 108 Å². The Labute approximate surface area is 208 Å². The summed E-state index contributed by atoms with van der Waals surface area (Å²) in [5.74, 6) is -0.403. The molecule has 0 aromatic carbocycles. The van der Waals surface area contributed by atoms with Gasteiger partial charge in [-0.3, -0.25) is 28.7 Å². The van der Waals surface area contributed by atoms with Crippen LogP contribution in [0.5, 0.6) is 0 Å². The fourth-order valence-electron chi connectivity index (χ4n) is 3.24. The summed E-state index contributed by atoms with van der Waals surface area (Å²) >= 11 is 0. The average molecular weight is 500 g/mol. The monoisotopic (exact) mass is 499 g/mol. The van der Waals surface area contributed by atoms with Crippen LogP contribution in [0.25, 0.3) is 0 Å². The molecule has 2 saturated heterocycles. The summed E-state index contributed by atoms with van der Waals surface area (Å²) in [6.07, 6.45) is 0. The van der Waals surface area contributed by atoms with E-state index < -0.39 is 20.2 Å². The summed E-state index contributed by atoms with van der Waals surface area (Å²) in [4.78, 5) is 8.26. The van der Waals surface area contributed by atoms with Gasteiger partial charge in [-0.15, -0.1) is 0 Å². The molecule has 0 bridgehead atoms. The predicted octanol–water partition coefficient (Wildman–Crippen LogP) is -3.41. The molecule has 0 aromatic heterocycles. The third-order valence-electron chi connectivity index (χ3n) is 5.09. The standard InChI is InChI=1S/2C8H18N2O4S.Na/c2*11-7-5-9-1-3-10(4-2-9)6-8-15(12,13)14;/h2*11H,1-8H2,(H,12,13,14);. The number of hydrogen-bond donors (Lipinski definition) is 4. The summed E-state index contributed by atoms with van der Waals surface area (Å²) in [5.41, 5.74) is 0. The van der Waals surface area contributed by atoms with E-state index in [-0.39, 0.29) is 54.3 Å². The van der Waals surface area contributed by atoms with Crippen molar-refractivity contribution in [1.29, 1.82) is 0 Å². The van der Waals surface area contributed by atoms with Crippen molar-refractivity contribution in [2.45, 2.75) is 0 Å². The van der Waals surface area contributed by atoms with E-state index in [1.807, 2.05) is 9.80 Å². The number of rotatable bonds is 10. The van der Waals surface area contributed by atoms with Crippen LogP contribution in [0.2, 0.25) is 0 Å². The molecule has 2 heterocycles. The molecule has 1 radical (unpaired) electrons. The molecule has 2 aliphatic heterocycles. The molecule has 0 amide bonds. The van der Waals surface area contributed by atoms with Gasteiger partial charge in [0.1, 0.15) is 0 Å². The molecule has 12 nitrogen and oxygen atoms in total. The van der Waals surface area contributed by atoms with Gasteiger partial charge in [-0.2, -0.15) is 16.8 Å². The van der Waals surface area contributed by atoms with Crippen LogP contribution in [0, 0.1) is 0 Å². The number of aliphatic hydroxyl groups is 2. The summed E-state index contributed by atoms with van der Waals surface area (Å²) < 4.78 is 59.3. The molecule has 2 fully saturated rings. The van der Waals surface area contributed by atoms with E-state index in [0.29, 0.717) is 26.2 Å². The minimum Gasteiger partial charge on any atom is -0.395 e. The maximum absolute atomic E-state index is 10.5. The maximum Gasteiger partial charge on any atom is 0.266 e. The van der Waals surface area contributed by atoms with Crippen molar-refractivity contribution in [3.05, 3.63) is 0 Å². The van der Waals surface area contributed by atoms with E-state index in [1.54, 1.807) is 0 Å². The van der Waals surface area contributed by atoms with Crippen molar-refractivity contribution < 1.29 is 36.2 Å². The minimum absolute atomic E-state index is 0. The first kappa shape index (κ1) is 31.6. The Bertz CT molecular complexity index is 609. The summed E-state index contributed by atoms with van der Waals surface area (Å²) in [6, 6.07) is 0. The van der Waals surface area contributed by atoms with Crippen LogP contribution in [0.15, 0.2) is 0 Å². The largest absolute Gasteiger partial charge is 0.395 e. The molecule has 0 unspecified atom stereocenters. The molecule has 31 heavy (non-hydrogen) atoms. The summed E-state index contributed by atoms with van der Waals surface area (Å²) in [6.45, 7) is 8.93. The normalized spacial score (nSPS) is 20.0. The van der Waals surface area contributed by atoms with Crippen molar-refractivity contribution in [2.24, 2.45) is 0 Å². The van der Waals surface area contributed by atoms with Gasteiger partial charge in [-0.1, -0.05) is 0 Å². The van der Waals surface area contributed by atoms with Gasteiger partial charge in [0.25, 0.3) is 20.2 Å². The first-order valence-electron chi connectivity index (χ1n) is 10.0. The first-order valence-corrected chi connectivity index (χ1v) is 13.3. The average Bonchev–Trinajstić information content (AvgIpc) is 2.67. The molecule has 181 valence electrons. The van der Waals surface area contributed by atoms with Crippen molar-refractivity contribution >= 4 is 49.8 Å². The van der Waals surface area contributed by atoms with Gasteiger partial charge in [-0.25, -0.2) is 0 Å². The van der Waals surface area contributed by atoms with E-state index in [0.717, 1.165) is 52.4 Å². The zero-order valence-corrected chi connectivity index (χ0v) is 22.0. The van der Waals surface area contributed by atoms with Gasteiger partial charge < -0.3 is 10.2 Å². The molecule has 15 heteroatoms. The second kappa shape index (κ2) is 16.2. The molecule has 0 saturated carbocycles. The molecule has 2 aliphatic rings. The van der Waals surface area contributed by atoms with Crippen LogP contribution in [-0.4, -0.2) is 189 Å². The van der Waals surface area contributed by atoms with Crippen LogP contribution in [0.1, 0.15) is 0 Å². The molecular weight excluding hydrogens is 463 g/mol. The van der Waals surface area contributed by atoms with Gasteiger partial charge in [0.05, 0.1) is 24.7 Å². The Balaban J connectivity index is 0.000000562. The van der Waals surface area contributed by atoms with Crippen molar-refractivity contribution in [2.75, 3.05) is 103 Å². The maximum atomic E-state index is 10.5. The van der Waals surface area contributed by atoms with E-state index >= 15 is 0 Å². The zero-order valence-electron chi connectivity index (χ0n) is 18.3. The Morgan fingerprint density at radius 3 is 0.935 bits per heavy atom. The van der Waals surface area contributed by atoms with E-state index in [9.17, 15) is 16.8 Å². The van der Waals surface area contributed by atoms with Gasteiger partial charge in [0.2, 0.25) is 0 Å². The molecule has 0 aromatic rings. The smallest absolute Gasteiger partial charge is 0.266 e. The summed E-state index contributed by atoms with van der Waals surface area (Å²) in [5, 5.41) is 17.5. The fraction of sp³-hybridized carbons (Fsp3) is 1.00. The number of aliphatic hydroxyl groups excluding tert-OH is 2. The quantitative estimate of drug-likeness (QED) is 0.174. The molecule has 0 atom stereocenters. The Morgan fingerprint density at radius 1 is 0.516 bits per heavy atom. The van der Waals surface area contributed by atoms with Crippen molar-refractivity contribution in [3.63, 3.8) is 0 Å². The molecular formula is C16H36N4NaO8S2. The van der Waals surface area contributed by atoms with E-state index in [1.165, 1.54) is 0 Å². The predicted molar refractivity (Wildman–Crippen MR) is 119 cm³/mol. The Morgan fingerprint density at radius 2 is 0.742 bits per heavy atom. The number of β-amino-alcohol motifs (C(OH)–C–C–N with tert-alkyl or cyclic N) is 2. The van der Waals surface area contributed by atoms with Gasteiger partial charge in [0.15, 0.2) is 0 Å². The third kappa shape index (κ3) is 16.8. The second-order valence-electron chi connectivity index (χ2n) is 7.39. The van der Waals surface area contributed by atoms with Gasteiger partial charge in [-0.05, 0) is 0 Å². The van der Waals surface area contributed by atoms with E-state index in [2.05, 4.69) is 9.80 Å². The number of hydrogen-bond acceptors (Lipinski definition) is 10. The number of nitrogens with zero attached hydrogens (tertiary/aromatic N) is 4. The van der Waals surface area contributed by atoms with Crippen LogP contribution >= 0.6 is 0 Å². The fourth-order valence-corrected chi connectivity index (χ4v) is 4.22. The molecule has 2 rings (SSSR count). The minimum atomic E-state index is -3.84. The molecule has 0 aliphatic carbocycles. The summed E-state index contributed by atoms with van der Waals surface area (Å²) in [7, 11) is -7.69. The van der Waals surface area contributed by atoms with Crippen molar-refractivity contribution in [1.82, 2.24) is 19.6 Å². The number of piperazine rings is 2. The Hall–Kier alpha value is 0.580. The topological polar surface area (TPSA) is 162 Å². The van der Waals surface area contributed by atoms with Crippen LogP contribution in [-0.2, 0) is 20.2 Å². The molecule has 4 N–H and O–H groups in total. The first-order chi connectivity index (χ1) is 14.0. The SMILES string of the molecule is O=S(=O)(O)CCN1CCN(CCO)CC1.O=S(=O)(O)CCN1CCN(CCO)CC1.[Na]. The zero-order chi connectivity index (χ0) is 22.6.